The summed E-state index contributed by atoms with van der Waals surface area (Å²) in [4.78, 5) is 47.2. The molecule has 0 spiro atoms. The van der Waals surface area contributed by atoms with E-state index >= 15 is 0 Å². The molecule has 0 bridgehead atoms. The van der Waals surface area contributed by atoms with Crippen LogP contribution in [0.15, 0.2) is 30.9 Å². The minimum Gasteiger partial charge on any atom is -0.407 e. The highest BCUT2D eigenvalue weighted by Gasteiger charge is 2.24. The third kappa shape index (κ3) is 13.4. The Morgan fingerprint density at radius 1 is 0.596 bits per heavy atom. The number of hydrogen-bond donors (Lipinski definition) is 2. The molecule has 4 heterocycles. The van der Waals surface area contributed by atoms with Crippen LogP contribution in [0.5, 0.6) is 0 Å². The zero-order valence-electron chi connectivity index (χ0n) is 34.0. The summed E-state index contributed by atoms with van der Waals surface area (Å²) in [5.74, 6) is 1.75. The van der Waals surface area contributed by atoms with Gasteiger partial charge in [0, 0.05) is 41.3 Å². The molecule has 0 aliphatic rings. The van der Waals surface area contributed by atoms with Crippen molar-refractivity contribution in [3.8, 4) is 0 Å². The van der Waals surface area contributed by atoms with E-state index in [0.29, 0.717) is 34.1 Å². The smallest absolute Gasteiger partial charge is 0.252 e. The number of amides is 1. The molecule has 0 saturated carbocycles. The standard InChI is InChI=1S/C10H15N3O.2C10H13N3.C10H16N2/c1-6-12-5-7(9(11)14)8(13-6)10(2,3)4;1-7-12-6-8(11-5)9(13-7)10(2,3)4;1-10(2,3)9-8(12-4)7(11)5-6-13-9;1-7-6-11-8(2)12-9(7)10(3,4)5/h5H,1-4H3,(H2,11,14);6H,1-4H3;5-6H,1-3H3,(H2,11,13);6H,1-5H3. The van der Waals surface area contributed by atoms with Gasteiger partial charge < -0.3 is 11.5 Å². The summed E-state index contributed by atoms with van der Waals surface area (Å²) in [7, 11) is 0. The Kier molecular flexibility index (Phi) is 15.2. The normalized spacial score (nSPS) is 11.3. The number of carbonyl (C=O) groups excluding carboxylic acids is 1. The highest BCUT2D eigenvalue weighted by Crippen LogP contribution is 2.33. The van der Waals surface area contributed by atoms with Crippen molar-refractivity contribution in [1.82, 2.24) is 34.9 Å². The second kappa shape index (κ2) is 17.7. The summed E-state index contributed by atoms with van der Waals surface area (Å²) in [5, 5.41) is 0. The lowest BCUT2D eigenvalue weighted by molar-refractivity contribution is 0.0997. The van der Waals surface area contributed by atoms with Crippen LogP contribution in [0.2, 0.25) is 0 Å². The number of rotatable bonds is 1. The number of primary amides is 1. The van der Waals surface area contributed by atoms with Gasteiger partial charge in [-0.3, -0.25) is 14.8 Å². The summed E-state index contributed by atoms with van der Waals surface area (Å²) >= 11 is 0. The highest BCUT2D eigenvalue weighted by molar-refractivity contribution is 5.93. The van der Waals surface area contributed by atoms with E-state index in [0.717, 1.165) is 28.7 Å². The Balaban J connectivity index is 0.000000347. The molecule has 4 N–H and O–H groups in total. The van der Waals surface area contributed by atoms with E-state index in [2.05, 4.69) is 72.3 Å². The first kappa shape index (κ1) is 44.7. The molecular weight excluding hydrogens is 651 g/mol. The van der Waals surface area contributed by atoms with Crippen LogP contribution in [-0.2, 0) is 21.7 Å². The fraction of sp³-hybridized carbons (Fsp3) is 0.500. The molecule has 1 amide bonds. The van der Waals surface area contributed by atoms with Crippen LogP contribution in [0, 0.1) is 40.8 Å². The van der Waals surface area contributed by atoms with Crippen molar-refractivity contribution in [3.05, 3.63) is 105 Å². The first-order chi connectivity index (χ1) is 23.6. The first-order valence-electron chi connectivity index (χ1n) is 16.9. The molecule has 12 nitrogen and oxygen atoms in total. The van der Waals surface area contributed by atoms with Crippen molar-refractivity contribution in [2.75, 3.05) is 5.73 Å². The van der Waals surface area contributed by atoms with Crippen LogP contribution < -0.4 is 11.5 Å². The molecule has 0 aromatic carbocycles. The number of aromatic nitrogens is 7. The van der Waals surface area contributed by atoms with E-state index in [1.165, 1.54) is 11.8 Å². The number of anilines is 1. The van der Waals surface area contributed by atoms with Gasteiger partial charge in [0.25, 0.3) is 5.91 Å². The molecule has 0 saturated heterocycles. The number of pyridine rings is 1. The van der Waals surface area contributed by atoms with Gasteiger partial charge in [0.2, 0.25) is 11.4 Å². The first-order valence-corrected chi connectivity index (χ1v) is 16.9. The van der Waals surface area contributed by atoms with Gasteiger partial charge in [-0.2, -0.15) is 0 Å². The number of nitrogens with two attached hydrogens (primary N) is 2. The van der Waals surface area contributed by atoms with E-state index < -0.39 is 5.91 Å². The Morgan fingerprint density at radius 3 is 1.40 bits per heavy atom. The molecule has 0 aliphatic heterocycles. The lowest BCUT2D eigenvalue weighted by Gasteiger charge is -2.20. The topological polar surface area (TPSA) is 168 Å². The zero-order chi connectivity index (χ0) is 40.4. The average Bonchev–Trinajstić information content (AvgIpc) is 3.01. The molecule has 0 radical (unpaired) electrons. The third-order valence-electron chi connectivity index (χ3n) is 7.19. The van der Waals surface area contributed by atoms with E-state index in [4.69, 9.17) is 24.6 Å². The molecule has 4 aromatic heterocycles. The van der Waals surface area contributed by atoms with Crippen LogP contribution in [-0.4, -0.2) is 40.8 Å². The van der Waals surface area contributed by atoms with E-state index in [9.17, 15) is 4.79 Å². The molecule has 4 rings (SSSR count). The van der Waals surface area contributed by atoms with Crippen molar-refractivity contribution in [3.63, 3.8) is 0 Å². The van der Waals surface area contributed by atoms with Gasteiger partial charge in [-0.05, 0) is 50.2 Å². The molecule has 0 fully saturated rings. The second-order valence-corrected chi connectivity index (χ2v) is 16.5. The zero-order valence-corrected chi connectivity index (χ0v) is 34.0. The van der Waals surface area contributed by atoms with Crippen LogP contribution in [0.3, 0.4) is 0 Å². The third-order valence-corrected chi connectivity index (χ3v) is 7.19. The van der Waals surface area contributed by atoms with Gasteiger partial charge in [-0.15, -0.1) is 0 Å². The number of aryl methyl sites for hydroxylation is 4. The minimum atomic E-state index is -0.477. The van der Waals surface area contributed by atoms with Crippen molar-refractivity contribution in [1.29, 1.82) is 0 Å². The lowest BCUT2D eigenvalue weighted by Crippen LogP contribution is -2.23. The van der Waals surface area contributed by atoms with Gasteiger partial charge >= 0.3 is 0 Å². The average molecular weight is 708 g/mol. The van der Waals surface area contributed by atoms with E-state index in [-0.39, 0.29) is 21.7 Å². The predicted molar refractivity (Wildman–Crippen MR) is 210 cm³/mol. The van der Waals surface area contributed by atoms with Gasteiger partial charge in [-0.25, -0.2) is 34.6 Å². The molecule has 278 valence electrons. The molecule has 4 aromatic rings. The number of carbonyl (C=O) groups is 1. The van der Waals surface area contributed by atoms with Crippen molar-refractivity contribution in [2.24, 2.45) is 5.73 Å². The summed E-state index contributed by atoms with van der Waals surface area (Å²) in [6, 6.07) is 1.66. The Bertz CT molecular complexity index is 1910. The Morgan fingerprint density at radius 2 is 1.02 bits per heavy atom. The molecule has 0 aliphatic carbocycles. The van der Waals surface area contributed by atoms with Crippen molar-refractivity contribution in [2.45, 2.75) is 132 Å². The Hall–Kier alpha value is -5.36. The second-order valence-electron chi connectivity index (χ2n) is 16.5. The number of hydrogen-bond acceptors (Lipinski definition) is 9. The number of nitrogens with zero attached hydrogens (tertiary/aromatic N) is 9. The molecule has 12 heteroatoms. The fourth-order valence-corrected chi connectivity index (χ4v) is 4.74. The van der Waals surface area contributed by atoms with Crippen LogP contribution >= 0.6 is 0 Å². The highest BCUT2D eigenvalue weighted by atomic mass is 16.1. The molecular formula is C40H57N11O. The van der Waals surface area contributed by atoms with E-state index in [1.807, 2.05) is 82.4 Å². The van der Waals surface area contributed by atoms with Crippen molar-refractivity contribution >= 4 is 23.0 Å². The Labute approximate surface area is 311 Å². The minimum absolute atomic E-state index is 0.0897. The molecule has 52 heavy (non-hydrogen) atoms. The quantitative estimate of drug-likeness (QED) is 0.184. The molecule has 0 atom stereocenters. The van der Waals surface area contributed by atoms with Crippen LogP contribution in [0.25, 0.3) is 9.69 Å². The predicted octanol–water partition coefficient (Wildman–Crippen LogP) is 8.72. The van der Waals surface area contributed by atoms with Gasteiger partial charge in [-0.1, -0.05) is 83.1 Å². The van der Waals surface area contributed by atoms with Crippen LogP contribution in [0.4, 0.5) is 17.1 Å². The summed E-state index contributed by atoms with van der Waals surface area (Å²) in [5.41, 5.74) is 17.2. The monoisotopic (exact) mass is 707 g/mol. The fourth-order valence-electron chi connectivity index (χ4n) is 4.74. The van der Waals surface area contributed by atoms with Crippen LogP contribution in [0.1, 0.15) is 139 Å². The van der Waals surface area contributed by atoms with Gasteiger partial charge in [0.05, 0.1) is 41.5 Å². The summed E-state index contributed by atoms with van der Waals surface area (Å²) < 4.78 is 0. The number of nitrogen functional groups attached to an aromatic ring is 1. The van der Waals surface area contributed by atoms with Gasteiger partial charge in [0.1, 0.15) is 17.5 Å². The lowest BCUT2D eigenvalue weighted by atomic mass is 9.88. The van der Waals surface area contributed by atoms with Crippen molar-refractivity contribution < 1.29 is 4.79 Å². The summed E-state index contributed by atoms with van der Waals surface area (Å²) in [6.45, 7) is 46.3. The SMILES string of the molecule is Cc1ncc(C(N)=O)c(C(C)(C)C)n1.Cc1ncc(C)c(C(C)(C)C)n1.[C-]#[N+]c1c(N)ccnc1C(C)(C)C.[C-]#[N+]c1cnc(C)nc1C(C)(C)C. The summed E-state index contributed by atoms with van der Waals surface area (Å²) in [6.07, 6.45) is 6.62. The maximum absolute atomic E-state index is 11.1. The molecule has 0 unspecified atom stereocenters. The van der Waals surface area contributed by atoms with Gasteiger partial charge in [0.15, 0.2) is 0 Å². The maximum Gasteiger partial charge on any atom is 0.252 e. The largest absolute Gasteiger partial charge is 0.407 e. The van der Waals surface area contributed by atoms with E-state index in [1.54, 1.807) is 25.4 Å². The maximum atomic E-state index is 11.1.